The largest absolute Gasteiger partial charge is 0.383 e. The summed E-state index contributed by atoms with van der Waals surface area (Å²) < 4.78 is 7.65. The van der Waals surface area contributed by atoms with E-state index < -0.39 is 0 Å². The number of anilines is 2. The topological polar surface area (TPSA) is 71.4 Å². The van der Waals surface area contributed by atoms with Gasteiger partial charge < -0.3 is 24.8 Å². The van der Waals surface area contributed by atoms with Gasteiger partial charge in [-0.2, -0.15) is 0 Å². The molecule has 1 aliphatic rings. The van der Waals surface area contributed by atoms with Crippen LogP contribution >= 0.6 is 12.2 Å². The van der Waals surface area contributed by atoms with Crippen molar-refractivity contribution in [2.24, 2.45) is 5.92 Å². The number of carbonyl (C=O) groups is 1. The van der Waals surface area contributed by atoms with Gasteiger partial charge in [-0.3, -0.25) is 9.78 Å². The first-order valence-electron chi connectivity index (χ1n) is 12.3. The van der Waals surface area contributed by atoms with Crippen LogP contribution in [0, 0.1) is 26.7 Å². The summed E-state index contributed by atoms with van der Waals surface area (Å²) in [5.74, 6) is -0.0860. The highest BCUT2D eigenvalue weighted by molar-refractivity contribution is 7.80. The fraction of sp³-hybridized carbons (Fsp3) is 0.393. The maximum absolute atomic E-state index is 12.3. The van der Waals surface area contributed by atoms with E-state index in [1.165, 1.54) is 17.0 Å². The molecule has 3 aromatic rings. The second kappa shape index (κ2) is 10.8. The van der Waals surface area contributed by atoms with E-state index in [1.54, 1.807) is 7.11 Å². The van der Waals surface area contributed by atoms with Gasteiger partial charge in [-0.15, -0.1) is 0 Å². The third-order valence-electron chi connectivity index (χ3n) is 6.82. The highest BCUT2D eigenvalue weighted by atomic mass is 32.1. The van der Waals surface area contributed by atoms with Gasteiger partial charge in [-0.05, 0) is 80.5 Å². The Morgan fingerprint density at radius 2 is 1.97 bits per heavy atom. The number of nitrogens with zero attached hydrogens (tertiary/aromatic N) is 3. The van der Waals surface area contributed by atoms with E-state index in [4.69, 9.17) is 17.0 Å². The van der Waals surface area contributed by atoms with Crippen LogP contribution in [-0.4, -0.2) is 34.3 Å². The van der Waals surface area contributed by atoms with Gasteiger partial charge in [0.15, 0.2) is 5.11 Å². The van der Waals surface area contributed by atoms with Crippen LogP contribution in [0.15, 0.2) is 48.7 Å². The molecular formula is C28H35N5O2S. The van der Waals surface area contributed by atoms with Gasteiger partial charge in [0, 0.05) is 48.5 Å². The first kappa shape index (κ1) is 25.9. The molecule has 7 nitrogen and oxygen atoms in total. The number of nitrogens with one attached hydrogen (secondary N) is 2. The molecule has 36 heavy (non-hydrogen) atoms. The lowest BCUT2D eigenvalue weighted by molar-refractivity contribution is -0.118. The summed E-state index contributed by atoms with van der Waals surface area (Å²) in [5.41, 5.74) is 7.26. The Bertz CT molecular complexity index is 1250. The highest BCUT2D eigenvalue weighted by Crippen LogP contribution is 2.43. The number of pyridine rings is 1. The average molecular weight is 506 g/mol. The van der Waals surface area contributed by atoms with E-state index >= 15 is 0 Å². The standard InChI is InChI=1S/C28H35N5O2S/c1-17(2)27(34)30-23-11-10-21(15-18(23)3)33-26(22-16-19(4)32(20(22)5)13-14-35-6)25(31-28(33)36)24-9-7-8-12-29-24/h7-12,15-17,25-26H,13-14H2,1-6H3,(H,30,34)(H,31,36)/t25-,26+/m1/s1. The summed E-state index contributed by atoms with van der Waals surface area (Å²) in [6.07, 6.45) is 1.82. The van der Waals surface area contributed by atoms with Crippen LogP contribution < -0.4 is 15.5 Å². The molecule has 0 aliphatic carbocycles. The van der Waals surface area contributed by atoms with Crippen molar-refractivity contribution in [1.82, 2.24) is 14.9 Å². The Morgan fingerprint density at radius 3 is 2.61 bits per heavy atom. The number of carbonyl (C=O) groups excluding carboxylic acids is 1. The second-order valence-electron chi connectivity index (χ2n) is 9.61. The summed E-state index contributed by atoms with van der Waals surface area (Å²) in [6, 6.07) is 14.1. The molecule has 2 aromatic heterocycles. The molecule has 3 heterocycles. The lowest BCUT2D eigenvalue weighted by Crippen LogP contribution is -2.29. The molecule has 1 saturated heterocycles. The number of hydrogen-bond donors (Lipinski definition) is 2. The van der Waals surface area contributed by atoms with Crippen molar-refractivity contribution in [3.63, 3.8) is 0 Å². The smallest absolute Gasteiger partial charge is 0.226 e. The molecule has 2 N–H and O–H groups in total. The fourth-order valence-corrected chi connectivity index (χ4v) is 5.16. The highest BCUT2D eigenvalue weighted by Gasteiger charge is 2.42. The normalized spacial score (nSPS) is 17.5. The van der Waals surface area contributed by atoms with Crippen molar-refractivity contribution in [1.29, 1.82) is 0 Å². The first-order chi connectivity index (χ1) is 17.2. The minimum absolute atomic E-state index is 0.000742. The average Bonchev–Trinajstić information content (AvgIpc) is 3.34. The summed E-state index contributed by atoms with van der Waals surface area (Å²) in [4.78, 5) is 19.1. The number of rotatable bonds is 8. The number of aryl methyl sites for hydroxylation is 2. The van der Waals surface area contributed by atoms with Crippen molar-refractivity contribution in [2.75, 3.05) is 23.9 Å². The number of methoxy groups -OCH3 is 1. The molecule has 1 aliphatic heterocycles. The number of hydrogen-bond acceptors (Lipinski definition) is 4. The molecule has 0 radical (unpaired) electrons. The molecule has 1 amide bonds. The van der Waals surface area contributed by atoms with Crippen molar-refractivity contribution >= 4 is 34.6 Å². The number of ether oxygens (including phenoxy) is 1. The van der Waals surface area contributed by atoms with Crippen LogP contribution in [0.4, 0.5) is 11.4 Å². The van der Waals surface area contributed by atoms with Gasteiger partial charge in [0.2, 0.25) is 5.91 Å². The first-order valence-corrected chi connectivity index (χ1v) is 12.7. The van der Waals surface area contributed by atoms with Crippen molar-refractivity contribution in [3.8, 4) is 0 Å². The fourth-order valence-electron chi connectivity index (χ4n) is 4.82. The minimum Gasteiger partial charge on any atom is -0.383 e. The van der Waals surface area contributed by atoms with Crippen LogP contribution in [-0.2, 0) is 16.1 Å². The Labute approximate surface area is 218 Å². The van der Waals surface area contributed by atoms with Crippen molar-refractivity contribution in [3.05, 3.63) is 76.9 Å². The van der Waals surface area contributed by atoms with Crippen molar-refractivity contribution in [2.45, 2.75) is 53.2 Å². The summed E-state index contributed by atoms with van der Waals surface area (Å²) in [5, 5.41) is 7.21. The SMILES string of the molecule is COCCn1c(C)cc([C@H]2[C@@H](c3ccccn3)NC(=S)N2c2ccc(NC(=O)C(C)C)c(C)c2)c1C. The Balaban J connectivity index is 1.78. The van der Waals surface area contributed by atoms with E-state index in [0.717, 1.165) is 29.2 Å². The van der Waals surface area contributed by atoms with Gasteiger partial charge in [-0.25, -0.2) is 0 Å². The van der Waals surface area contributed by atoms with Crippen LogP contribution in [0.25, 0.3) is 0 Å². The molecule has 8 heteroatoms. The van der Waals surface area contributed by atoms with E-state index in [2.05, 4.69) is 51.1 Å². The van der Waals surface area contributed by atoms with Gasteiger partial charge in [0.25, 0.3) is 0 Å². The van der Waals surface area contributed by atoms with E-state index in [1.807, 2.05) is 57.3 Å². The van der Waals surface area contributed by atoms with E-state index in [9.17, 15) is 4.79 Å². The van der Waals surface area contributed by atoms with E-state index in [0.29, 0.717) is 11.7 Å². The summed E-state index contributed by atoms with van der Waals surface area (Å²) >= 11 is 5.90. The third-order valence-corrected chi connectivity index (χ3v) is 7.13. The zero-order valence-corrected chi connectivity index (χ0v) is 22.6. The molecule has 0 saturated carbocycles. The van der Waals surface area contributed by atoms with Gasteiger partial charge >= 0.3 is 0 Å². The Hall–Kier alpha value is -3.23. The molecule has 0 bridgehead atoms. The van der Waals surface area contributed by atoms with Crippen LogP contribution in [0.5, 0.6) is 0 Å². The zero-order valence-electron chi connectivity index (χ0n) is 21.8. The maximum Gasteiger partial charge on any atom is 0.226 e. The lowest BCUT2D eigenvalue weighted by Gasteiger charge is -2.29. The van der Waals surface area contributed by atoms with Crippen LogP contribution in [0.2, 0.25) is 0 Å². The third kappa shape index (κ3) is 5.01. The predicted octanol–water partition coefficient (Wildman–Crippen LogP) is 5.23. The predicted molar refractivity (Wildman–Crippen MR) is 148 cm³/mol. The van der Waals surface area contributed by atoms with Gasteiger partial charge in [0.05, 0.1) is 24.4 Å². The Kier molecular flexibility index (Phi) is 7.76. The quantitative estimate of drug-likeness (QED) is 0.409. The second-order valence-corrected chi connectivity index (χ2v) is 10.00. The number of aromatic nitrogens is 2. The Morgan fingerprint density at radius 1 is 1.19 bits per heavy atom. The van der Waals surface area contributed by atoms with Crippen LogP contribution in [0.1, 0.15) is 54.1 Å². The molecule has 0 spiro atoms. The number of thiocarbonyl (C=S) groups is 1. The summed E-state index contributed by atoms with van der Waals surface area (Å²) in [6.45, 7) is 11.5. The molecule has 1 aromatic carbocycles. The summed E-state index contributed by atoms with van der Waals surface area (Å²) in [7, 11) is 1.73. The van der Waals surface area contributed by atoms with Gasteiger partial charge in [0.1, 0.15) is 0 Å². The zero-order chi connectivity index (χ0) is 26.0. The molecule has 190 valence electrons. The maximum atomic E-state index is 12.3. The molecule has 4 rings (SSSR count). The van der Waals surface area contributed by atoms with Crippen LogP contribution in [0.3, 0.4) is 0 Å². The monoisotopic (exact) mass is 505 g/mol. The number of amides is 1. The molecular weight excluding hydrogens is 470 g/mol. The minimum atomic E-state index is -0.115. The van der Waals surface area contributed by atoms with Gasteiger partial charge in [-0.1, -0.05) is 19.9 Å². The van der Waals surface area contributed by atoms with Crippen molar-refractivity contribution < 1.29 is 9.53 Å². The lowest BCUT2D eigenvalue weighted by atomic mass is 9.96. The number of benzene rings is 1. The molecule has 2 atom stereocenters. The molecule has 1 fully saturated rings. The molecule has 0 unspecified atom stereocenters. The van der Waals surface area contributed by atoms with E-state index in [-0.39, 0.29) is 23.9 Å².